The fraction of sp³-hybridized carbons (Fsp3) is 0.176. The molecule has 2 aromatic carbocycles. The lowest BCUT2D eigenvalue weighted by atomic mass is 9.62. The van der Waals surface area contributed by atoms with E-state index in [1.807, 2.05) is 37.3 Å². The standard InChI is InChI=1S/C17H18BN3O2/c1-10-6-17(23-3)13(8-14(10)18(2)22)11-4-5-12-15(19)9-20-21-16(12)7-11/h4-9,22H,1-3H3,(H2,19,21). The number of benzene rings is 2. The third-order valence-electron chi connectivity index (χ3n) is 4.02. The molecule has 0 amide bonds. The second-order valence-electron chi connectivity index (χ2n) is 5.62. The highest BCUT2D eigenvalue weighted by Crippen LogP contribution is 2.32. The SMILES string of the molecule is COc1cc(C)c(B(C)O)cc1-c1ccc2c(N)cnnc2c1. The zero-order chi connectivity index (χ0) is 16.6. The minimum atomic E-state index is -0.546. The van der Waals surface area contributed by atoms with Gasteiger partial charge in [0.25, 0.3) is 0 Å². The molecule has 0 aliphatic heterocycles. The Morgan fingerprint density at radius 1 is 1.22 bits per heavy atom. The van der Waals surface area contributed by atoms with Crippen molar-refractivity contribution in [2.24, 2.45) is 0 Å². The zero-order valence-electron chi connectivity index (χ0n) is 13.4. The van der Waals surface area contributed by atoms with E-state index in [0.29, 0.717) is 5.69 Å². The van der Waals surface area contributed by atoms with Crippen molar-refractivity contribution in [3.63, 3.8) is 0 Å². The Morgan fingerprint density at radius 3 is 2.70 bits per heavy atom. The summed E-state index contributed by atoms with van der Waals surface area (Å²) in [5.41, 5.74) is 11.0. The lowest BCUT2D eigenvalue weighted by molar-refractivity contribution is 0.416. The average molecular weight is 307 g/mol. The molecule has 3 N–H and O–H groups in total. The van der Waals surface area contributed by atoms with Crippen molar-refractivity contribution in [3.05, 3.63) is 42.1 Å². The number of aryl methyl sites for hydroxylation is 1. The molecule has 0 saturated carbocycles. The van der Waals surface area contributed by atoms with Crippen LogP contribution in [0.15, 0.2) is 36.5 Å². The lowest BCUT2D eigenvalue weighted by Crippen LogP contribution is -2.29. The fourth-order valence-corrected chi connectivity index (χ4v) is 2.79. The quantitative estimate of drug-likeness (QED) is 0.724. The first-order valence-corrected chi connectivity index (χ1v) is 7.39. The molecule has 0 aliphatic rings. The minimum Gasteiger partial charge on any atom is -0.496 e. The topological polar surface area (TPSA) is 81.3 Å². The summed E-state index contributed by atoms with van der Waals surface area (Å²) in [6.45, 7) is 3.17. The van der Waals surface area contributed by atoms with Crippen LogP contribution in [0.5, 0.6) is 5.75 Å². The molecule has 1 heterocycles. The monoisotopic (exact) mass is 307 g/mol. The van der Waals surface area contributed by atoms with Crippen molar-refractivity contribution < 1.29 is 9.76 Å². The summed E-state index contributed by atoms with van der Waals surface area (Å²) in [4.78, 5) is 0. The summed E-state index contributed by atoms with van der Waals surface area (Å²) in [7, 11) is 1.64. The van der Waals surface area contributed by atoms with Crippen LogP contribution >= 0.6 is 0 Å². The highest BCUT2D eigenvalue weighted by molar-refractivity contribution is 6.65. The van der Waals surface area contributed by atoms with Gasteiger partial charge in [0.05, 0.1) is 24.5 Å². The summed E-state index contributed by atoms with van der Waals surface area (Å²) in [5, 5.41) is 18.9. The number of nitrogens with zero attached hydrogens (tertiary/aromatic N) is 2. The van der Waals surface area contributed by atoms with Gasteiger partial charge in [-0.2, -0.15) is 10.2 Å². The van der Waals surface area contributed by atoms with Gasteiger partial charge in [0, 0.05) is 10.9 Å². The predicted molar refractivity (Wildman–Crippen MR) is 94.1 cm³/mol. The molecule has 23 heavy (non-hydrogen) atoms. The molecule has 0 saturated heterocycles. The van der Waals surface area contributed by atoms with E-state index in [4.69, 9.17) is 10.5 Å². The zero-order valence-corrected chi connectivity index (χ0v) is 13.4. The second-order valence-corrected chi connectivity index (χ2v) is 5.62. The maximum Gasteiger partial charge on any atom is 0.320 e. The Bertz CT molecular complexity index is 881. The van der Waals surface area contributed by atoms with Gasteiger partial charge in [-0.1, -0.05) is 24.5 Å². The van der Waals surface area contributed by atoms with E-state index in [1.54, 1.807) is 20.1 Å². The molecular weight excluding hydrogens is 289 g/mol. The third kappa shape index (κ3) is 2.73. The first-order valence-electron chi connectivity index (χ1n) is 7.39. The maximum absolute atomic E-state index is 9.97. The summed E-state index contributed by atoms with van der Waals surface area (Å²) in [5.74, 6) is 0.753. The lowest BCUT2D eigenvalue weighted by Gasteiger charge is -2.15. The maximum atomic E-state index is 9.97. The van der Waals surface area contributed by atoms with E-state index in [0.717, 1.165) is 38.8 Å². The Labute approximate surface area is 135 Å². The molecule has 5 nitrogen and oxygen atoms in total. The molecule has 0 radical (unpaired) electrons. The van der Waals surface area contributed by atoms with Crippen LogP contribution in [0.2, 0.25) is 6.82 Å². The number of hydrogen-bond donors (Lipinski definition) is 2. The predicted octanol–water partition coefficient (Wildman–Crippen LogP) is 2.02. The van der Waals surface area contributed by atoms with E-state index < -0.39 is 6.92 Å². The molecule has 0 aliphatic carbocycles. The van der Waals surface area contributed by atoms with Crippen molar-refractivity contribution in [2.75, 3.05) is 12.8 Å². The molecule has 0 unspecified atom stereocenters. The summed E-state index contributed by atoms with van der Waals surface area (Å²) >= 11 is 0. The van der Waals surface area contributed by atoms with Crippen molar-refractivity contribution in [2.45, 2.75) is 13.7 Å². The van der Waals surface area contributed by atoms with Gasteiger partial charge in [0.1, 0.15) is 5.75 Å². The van der Waals surface area contributed by atoms with Crippen LogP contribution in [0, 0.1) is 6.92 Å². The van der Waals surface area contributed by atoms with E-state index >= 15 is 0 Å². The summed E-state index contributed by atoms with van der Waals surface area (Å²) < 4.78 is 5.51. The van der Waals surface area contributed by atoms with Crippen LogP contribution in [0.4, 0.5) is 5.69 Å². The molecule has 1 aromatic heterocycles. The van der Waals surface area contributed by atoms with E-state index in [9.17, 15) is 5.02 Å². The number of rotatable bonds is 3. The van der Waals surface area contributed by atoms with Crippen LogP contribution in [0.1, 0.15) is 5.56 Å². The highest BCUT2D eigenvalue weighted by Gasteiger charge is 2.16. The third-order valence-corrected chi connectivity index (χ3v) is 4.02. The summed E-state index contributed by atoms with van der Waals surface area (Å²) in [6, 6.07) is 9.72. The van der Waals surface area contributed by atoms with Gasteiger partial charge >= 0.3 is 6.92 Å². The number of fused-ring (bicyclic) bond motifs is 1. The van der Waals surface area contributed by atoms with E-state index in [-0.39, 0.29) is 0 Å². The normalized spacial score (nSPS) is 10.8. The van der Waals surface area contributed by atoms with Gasteiger partial charge in [-0.25, -0.2) is 0 Å². The van der Waals surface area contributed by atoms with Crippen LogP contribution < -0.4 is 15.9 Å². The van der Waals surface area contributed by atoms with Crippen LogP contribution in [0.3, 0.4) is 0 Å². The minimum absolute atomic E-state index is 0.546. The molecular formula is C17H18BN3O2. The molecule has 6 heteroatoms. The first kappa shape index (κ1) is 15.3. The Morgan fingerprint density at radius 2 is 2.00 bits per heavy atom. The van der Waals surface area contributed by atoms with E-state index in [2.05, 4.69) is 10.2 Å². The number of anilines is 1. The number of hydrogen-bond acceptors (Lipinski definition) is 5. The van der Waals surface area contributed by atoms with Gasteiger partial charge in [-0.3, -0.25) is 0 Å². The molecule has 0 atom stereocenters. The van der Waals surface area contributed by atoms with Crippen molar-refractivity contribution in [3.8, 4) is 16.9 Å². The largest absolute Gasteiger partial charge is 0.496 e. The van der Waals surface area contributed by atoms with Gasteiger partial charge in [0.2, 0.25) is 0 Å². The van der Waals surface area contributed by atoms with Gasteiger partial charge in [-0.15, -0.1) is 0 Å². The van der Waals surface area contributed by atoms with Crippen molar-refractivity contribution in [1.29, 1.82) is 0 Å². The van der Waals surface area contributed by atoms with Crippen LogP contribution in [-0.4, -0.2) is 29.2 Å². The summed E-state index contributed by atoms with van der Waals surface area (Å²) in [6.07, 6.45) is 1.54. The van der Waals surface area contributed by atoms with Gasteiger partial charge in [-0.05, 0) is 36.1 Å². The van der Waals surface area contributed by atoms with Gasteiger partial charge < -0.3 is 15.5 Å². The Hall–Kier alpha value is -2.60. The highest BCUT2D eigenvalue weighted by atomic mass is 16.5. The van der Waals surface area contributed by atoms with Gasteiger partial charge in [0.15, 0.2) is 0 Å². The molecule has 116 valence electrons. The van der Waals surface area contributed by atoms with Crippen LogP contribution in [-0.2, 0) is 0 Å². The molecule has 0 spiro atoms. The second kappa shape index (κ2) is 5.89. The van der Waals surface area contributed by atoms with Crippen LogP contribution in [0.25, 0.3) is 22.0 Å². The Kier molecular flexibility index (Phi) is 3.92. The molecule has 0 bridgehead atoms. The first-order chi connectivity index (χ1) is 11.0. The number of nitrogens with two attached hydrogens (primary N) is 1. The number of nitrogen functional groups attached to an aromatic ring is 1. The Balaban J connectivity index is 2.23. The molecule has 3 rings (SSSR count). The van der Waals surface area contributed by atoms with Crippen molar-refractivity contribution in [1.82, 2.24) is 10.2 Å². The molecule has 3 aromatic rings. The number of aromatic nitrogens is 2. The molecule has 0 fully saturated rings. The smallest absolute Gasteiger partial charge is 0.320 e. The van der Waals surface area contributed by atoms with E-state index in [1.165, 1.54) is 0 Å². The fourth-order valence-electron chi connectivity index (χ4n) is 2.79. The number of ether oxygens (including phenoxy) is 1. The average Bonchev–Trinajstić information content (AvgIpc) is 2.54. The van der Waals surface area contributed by atoms with Crippen molar-refractivity contribution >= 4 is 29.0 Å². The number of methoxy groups -OCH3 is 1.